The summed E-state index contributed by atoms with van der Waals surface area (Å²) in [4.78, 5) is 2.54. The fourth-order valence-electron chi connectivity index (χ4n) is 9.09. The Morgan fingerprint density at radius 1 is 0.420 bits per heavy atom. The topological polar surface area (TPSA) is 16.4 Å². The molecule has 240 valence electrons. The second kappa shape index (κ2) is 10.3. The maximum absolute atomic E-state index is 6.55. The Hall–Kier alpha value is -5.86. The van der Waals surface area contributed by atoms with E-state index in [1.54, 1.807) is 0 Å². The van der Waals surface area contributed by atoms with Crippen LogP contribution in [0.5, 0.6) is 0 Å². The third-order valence-electron chi connectivity index (χ3n) is 11.4. The minimum absolute atomic E-state index is 0.236. The van der Waals surface area contributed by atoms with E-state index in [9.17, 15) is 0 Å². The molecule has 0 saturated carbocycles. The van der Waals surface area contributed by atoms with Crippen molar-refractivity contribution in [1.29, 1.82) is 0 Å². The number of hydrogen-bond acceptors (Lipinski definition) is 2. The molecule has 2 heteroatoms. The van der Waals surface area contributed by atoms with Gasteiger partial charge in [0.2, 0.25) is 0 Å². The van der Waals surface area contributed by atoms with Crippen LogP contribution in [0.2, 0.25) is 0 Å². The molecule has 2 aliphatic carbocycles. The van der Waals surface area contributed by atoms with Gasteiger partial charge in [-0.05, 0) is 92.0 Å². The number of nitrogens with zero attached hydrogens (tertiary/aromatic N) is 1. The average Bonchev–Trinajstić information content (AvgIpc) is 3.71. The standard InChI is InChI=1S/C48H37NO/c1-47(2)40-22-11-8-19-34(40)38-29-39-35-20-9-12-23-41(35)48(3,4)45(39)46(44(38)47)49(32-18-14-17-31(27-32)30-15-6-5-7-16-30)33-25-26-37-36-21-10-13-24-42(36)50-43(37)28-33/h5-29H,1-4H3. The minimum atomic E-state index is -0.236. The summed E-state index contributed by atoms with van der Waals surface area (Å²) < 4.78 is 6.55. The number of furan rings is 1. The van der Waals surface area contributed by atoms with Gasteiger partial charge in [0.25, 0.3) is 0 Å². The van der Waals surface area contributed by atoms with E-state index in [0.29, 0.717) is 0 Å². The van der Waals surface area contributed by atoms with Gasteiger partial charge in [-0.2, -0.15) is 0 Å². The van der Waals surface area contributed by atoms with Crippen LogP contribution in [0, 0.1) is 0 Å². The van der Waals surface area contributed by atoms with Crippen molar-refractivity contribution < 1.29 is 4.42 Å². The van der Waals surface area contributed by atoms with Crippen LogP contribution in [0.25, 0.3) is 55.3 Å². The molecule has 2 aliphatic rings. The van der Waals surface area contributed by atoms with Crippen LogP contribution in [0.3, 0.4) is 0 Å². The highest BCUT2D eigenvalue weighted by molar-refractivity contribution is 6.07. The fourth-order valence-corrected chi connectivity index (χ4v) is 9.09. The largest absolute Gasteiger partial charge is 0.456 e. The monoisotopic (exact) mass is 643 g/mol. The van der Waals surface area contributed by atoms with Gasteiger partial charge in [0.15, 0.2) is 0 Å². The van der Waals surface area contributed by atoms with E-state index < -0.39 is 0 Å². The van der Waals surface area contributed by atoms with Crippen LogP contribution in [0.1, 0.15) is 49.9 Å². The number of para-hydroxylation sites is 1. The molecular weight excluding hydrogens is 607 g/mol. The molecule has 7 aromatic carbocycles. The van der Waals surface area contributed by atoms with Gasteiger partial charge in [-0.3, -0.25) is 0 Å². The number of anilines is 3. The number of benzene rings is 7. The summed E-state index contributed by atoms with van der Waals surface area (Å²) in [6.45, 7) is 9.63. The predicted molar refractivity (Wildman–Crippen MR) is 209 cm³/mol. The lowest BCUT2D eigenvalue weighted by Gasteiger charge is -2.37. The number of hydrogen-bond donors (Lipinski definition) is 0. The maximum Gasteiger partial charge on any atom is 0.137 e. The van der Waals surface area contributed by atoms with Gasteiger partial charge in [-0.1, -0.05) is 137 Å². The summed E-state index contributed by atoms with van der Waals surface area (Å²) in [5, 5.41) is 2.27. The Balaban J connectivity index is 1.34. The molecule has 0 amide bonds. The second-order valence-electron chi connectivity index (χ2n) is 14.9. The molecular formula is C48H37NO. The molecule has 0 N–H and O–H groups in total. The zero-order valence-corrected chi connectivity index (χ0v) is 28.8. The molecule has 1 aromatic heterocycles. The van der Waals surface area contributed by atoms with Crippen LogP contribution in [-0.4, -0.2) is 0 Å². The van der Waals surface area contributed by atoms with Crippen molar-refractivity contribution in [3.63, 3.8) is 0 Å². The van der Waals surface area contributed by atoms with Gasteiger partial charge in [0.1, 0.15) is 11.2 Å². The van der Waals surface area contributed by atoms with Gasteiger partial charge in [0, 0.05) is 39.0 Å². The molecule has 0 saturated heterocycles. The third-order valence-corrected chi connectivity index (χ3v) is 11.4. The van der Waals surface area contributed by atoms with E-state index in [1.165, 1.54) is 61.3 Å². The molecule has 1 heterocycles. The lowest BCUT2D eigenvalue weighted by molar-refractivity contribution is 0.640. The highest BCUT2D eigenvalue weighted by Gasteiger charge is 2.46. The van der Waals surface area contributed by atoms with Crippen LogP contribution < -0.4 is 4.90 Å². The molecule has 8 aromatic rings. The van der Waals surface area contributed by atoms with E-state index >= 15 is 0 Å². The van der Waals surface area contributed by atoms with Gasteiger partial charge in [-0.15, -0.1) is 0 Å². The second-order valence-corrected chi connectivity index (χ2v) is 14.9. The van der Waals surface area contributed by atoms with E-state index in [1.807, 2.05) is 6.07 Å². The smallest absolute Gasteiger partial charge is 0.137 e. The molecule has 0 aliphatic heterocycles. The summed E-state index contributed by atoms with van der Waals surface area (Å²) in [5.41, 5.74) is 17.9. The molecule has 0 radical (unpaired) electrons. The zero-order valence-electron chi connectivity index (χ0n) is 28.8. The Morgan fingerprint density at radius 3 is 1.68 bits per heavy atom. The van der Waals surface area contributed by atoms with Crippen LogP contribution in [-0.2, 0) is 10.8 Å². The van der Waals surface area contributed by atoms with E-state index in [0.717, 1.165) is 33.3 Å². The highest BCUT2D eigenvalue weighted by atomic mass is 16.3. The van der Waals surface area contributed by atoms with Gasteiger partial charge in [0.05, 0.1) is 5.69 Å². The van der Waals surface area contributed by atoms with Gasteiger partial charge >= 0.3 is 0 Å². The maximum atomic E-state index is 6.55. The highest BCUT2D eigenvalue weighted by Crippen LogP contribution is 2.62. The summed E-state index contributed by atoms with van der Waals surface area (Å²) in [7, 11) is 0. The van der Waals surface area contributed by atoms with Crippen molar-refractivity contribution >= 4 is 39.0 Å². The first-order chi connectivity index (χ1) is 24.3. The van der Waals surface area contributed by atoms with E-state index in [4.69, 9.17) is 4.42 Å². The normalized spacial score (nSPS) is 14.7. The molecule has 2 nitrogen and oxygen atoms in total. The summed E-state index contributed by atoms with van der Waals surface area (Å²) in [6.07, 6.45) is 0. The lowest BCUT2D eigenvalue weighted by atomic mass is 9.75. The lowest BCUT2D eigenvalue weighted by Crippen LogP contribution is -2.26. The first-order valence-corrected chi connectivity index (χ1v) is 17.6. The first kappa shape index (κ1) is 29.1. The summed E-state index contributed by atoms with van der Waals surface area (Å²) >= 11 is 0. The van der Waals surface area contributed by atoms with Crippen LogP contribution in [0.4, 0.5) is 17.1 Å². The van der Waals surface area contributed by atoms with E-state index in [-0.39, 0.29) is 10.8 Å². The van der Waals surface area contributed by atoms with Gasteiger partial charge in [-0.25, -0.2) is 0 Å². The van der Waals surface area contributed by atoms with Crippen molar-refractivity contribution in [3.8, 4) is 33.4 Å². The van der Waals surface area contributed by atoms with Crippen molar-refractivity contribution in [1.82, 2.24) is 0 Å². The molecule has 10 rings (SSSR count). The van der Waals surface area contributed by atoms with Crippen LogP contribution in [0.15, 0.2) is 156 Å². The van der Waals surface area contributed by atoms with Crippen molar-refractivity contribution in [3.05, 3.63) is 174 Å². The Morgan fingerprint density at radius 2 is 0.980 bits per heavy atom. The Labute approximate surface area is 293 Å². The average molecular weight is 644 g/mol. The van der Waals surface area contributed by atoms with E-state index in [2.05, 4.69) is 178 Å². The fraction of sp³-hybridized carbons (Fsp3) is 0.125. The molecule has 0 bridgehead atoms. The number of rotatable bonds is 4. The molecule has 0 unspecified atom stereocenters. The van der Waals surface area contributed by atoms with Crippen molar-refractivity contribution in [2.75, 3.05) is 4.90 Å². The first-order valence-electron chi connectivity index (χ1n) is 17.6. The Bertz CT molecular complexity index is 2570. The van der Waals surface area contributed by atoms with Crippen LogP contribution >= 0.6 is 0 Å². The number of fused-ring (bicyclic) bond motifs is 9. The predicted octanol–water partition coefficient (Wildman–Crippen LogP) is 13.3. The summed E-state index contributed by atoms with van der Waals surface area (Å²) in [6, 6.07) is 55.4. The SMILES string of the molecule is CC1(C)c2ccccc2-c2cc3c(c(N(c4cccc(-c5ccccc5)c4)c4ccc5c(c4)oc4ccccc45)c21)C(C)(C)c1ccccc1-3. The minimum Gasteiger partial charge on any atom is -0.456 e. The zero-order chi connectivity index (χ0) is 33.8. The summed E-state index contributed by atoms with van der Waals surface area (Å²) in [5.74, 6) is 0. The van der Waals surface area contributed by atoms with Gasteiger partial charge < -0.3 is 9.32 Å². The Kier molecular flexibility index (Phi) is 6.01. The van der Waals surface area contributed by atoms with Crippen molar-refractivity contribution in [2.45, 2.75) is 38.5 Å². The molecule has 0 atom stereocenters. The molecule has 0 spiro atoms. The third kappa shape index (κ3) is 3.96. The molecule has 0 fully saturated rings. The molecule has 50 heavy (non-hydrogen) atoms. The quantitative estimate of drug-likeness (QED) is 0.190. The van der Waals surface area contributed by atoms with Crippen molar-refractivity contribution in [2.24, 2.45) is 0 Å².